The smallest absolute Gasteiger partial charge is 0.0623 e. The molecule has 1 fully saturated rings. The zero-order chi connectivity index (χ0) is 11.7. The van der Waals surface area contributed by atoms with Gasteiger partial charge in [-0.2, -0.15) is 0 Å². The molecule has 17 heavy (non-hydrogen) atoms. The van der Waals surface area contributed by atoms with Crippen LogP contribution in [0.5, 0.6) is 0 Å². The van der Waals surface area contributed by atoms with Crippen LogP contribution in [0.2, 0.25) is 0 Å². The summed E-state index contributed by atoms with van der Waals surface area (Å²) in [6.07, 6.45) is 1.19. The fourth-order valence-electron chi connectivity index (χ4n) is 2.98. The molecular formula is C14H20N2O. The summed E-state index contributed by atoms with van der Waals surface area (Å²) >= 11 is 0. The molecule has 2 aliphatic rings. The number of rotatable bonds is 3. The third-order valence-electron chi connectivity index (χ3n) is 4.01. The molecule has 1 aromatic carbocycles. The van der Waals surface area contributed by atoms with Gasteiger partial charge in [-0.3, -0.25) is 0 Å². The summed E-state index contributed by atoms with van der Waals surface area (Å²) in [5.74, 6) is 0.617. The van der Waals surface area contributed by atoms with E-state index in [0.29, 0.717) is 12.0 Å². The van der Waals surface area contributed by atoms with E-state index in [9.17, 15) is 0 Å². The second kappa shape index (κ2) is 4.67. The monoisotopic (exact) mass is 232 g/mol. The Morgan fingerprint density at radius 3 is 3.12 bits per heavy atom. The van der Waals surface area contributed by atoms with Crippen LogP contribution in [-0.2, 0) is 11.2 Å². The van der Waals surface area contributed by atoms with E-state index in [0.717, 1.165) is 26.3 Å². The Morgan fingerprint density at radius 2 is 2.24 bits per heavy atom. The standard InChI is InChI=1S/C14H20N2O/c1-15-13-10-17-9-12(13)8-16-7-6-11-4-2-3-5-14(11)16/h2-5,12-13,15H,6-10H2,1H3. The highest BCUT2D eigenvalue weighted by Crippen LogP contribution is 2.29. The van der Waals surface area contributed by atoms with Crippen molar-refractivity contribution < 1.29 is 4.74 Å². The van der Waals surface area contributed by atoms with Crippen LogP contribution in [0.4, 0.5) is 5.69 Å². The van der Waals surface area contributed by atoms with Crippen LogP contribution in [-0.4, -0.2) is 39.4 Å². The predicted molar refractivity (Wildman–Crippen MR) is 69.5 cm³/mol. The fraction of sp³-hybridized carbons (Fsp3) is 0.571. The van der Waals surface area contributed by atoms with Gasteiger partial charge in [-0.1, -0.05) is 18.2 Å². The topological polar surface area (TPSA) is 24.5 Å². The molecule has 1 N–H and O–H groups in total. The summed E-state index contributed by atoms with van der Waals surface area (Å²) in [5, 5.41) is 3.36. The first-order valence-electron chi connectivity index (χ1n) is 6.46. The summed E-state index contributed by atoms with van der Waals surface area (Å²) in [7, 11) is 2.03. The number of benzene rings is 1. The van der Waals surface area contributed by atoms with E-state index in [2.05, 4.69) is 34.5 Å². The number of para-hydroxylation sites is 1. The van der Waals surface area contributed by atoms with Gasteiger partial charge < -0.3 is 15.0 Å². The highest BCUT2D eigenvalue weighted by atomic mass is 16.5. The highest BCUT2D eigenvalue weighted by molar-refractivity contribution is 5.57. The molecule has 3 heteroatoms. The fourth-order valence-corrected chi connectivity index (χ4v) is 2.98. The SMILES string of the molecule is CNC1COCC1CN1CCc2ccccc21. The average molecular weight is 232 g/mol. The number of hydrogen-bond acceptors (Lipinski definition) is 3. The number of hydrogen-bond donors (Lipinski definition) is 1. The molecule has 2 atom stereocenters. The molecule has 1 saturated heterocycles. The van der Waals surface area contributed by atoms with Crippen LogP contribution in [0.25, 0.3) is 0 Å². The molecule has 2 aliphatic heterocycles. The molecule has 0 radical (unpaired) electrons. The zero-order valence-corrected chi connectivity index (χ0v) is 10.4. The maximum Gasteiger partial charge on any atom is 0.0623 e. The number of likely N-dealkylation sites (N-methyl/N-ethyl adjacent to an activating group) is 1. The summed E-state index contributed by atoms with van der Waals surface area (Å²) in [5.41, 5.74) is 2.92. The molecule has 0 amide bonds. The molecule has 2 heterocycles. The van der Waals surface area contributed by atoms with Gasteiger partial charge in [-0.05, 0) is 25.1 Å². The molecule has 92 valence electrons. The molecule has 0 spiro atoms. The van der Waals surface area contributed by atoms with Crippen molar-refractivity contribution in [2.75, 3.05) is 38.3 Å². The van der Waals surface area contributed by atoms with Crippen molar-refractivity contribution in [1.29, 1.82) is 0 Å². The molecule has 0 saturated carbocycles. The van der Waals surface area contributed by atoms with Crippen molar-refractivity contribution in [3.63, 3.8) is 0 Å². The van der Waals surface area contributed by atoms with Crippen LogP contribution in [0.15, 0.2) is 24.3 Å². The zero-order valence-electron chi connectivity index (χ0n) is 10.4. The molecule has 0 aliphatic carbocycles. The molecule has 3 rings (SSSR count). The van der Waals surface area contributed by atoms with Gasteiger partial charge in [0.2, 0.25) is 0 Å². The molecular weight excluding hydrogens is 212 g/mol. The van der Waals surface area contributed by atoms with Crippen LogP contribution in [0, 0.1) is 5.92 Å². The first-order chi connectivity index (χ1) is 8.38. The first kappa shape index (κ1) is 11.1. The van der Waals surface area contributed by atoms with E-state index in [-0.39, 0.29) is 0 Å². The Bertz CT molecular complexity index is 394. The van der Waals surface area contributed by atoms with Gasteiger partial charge in [0.05, 0.1) is 13.2 Å². The maximum absolute atomic E-state index is 5.57. The number of anilines is 1. The van der Waals surface area contributed by atoms with E-state index in [1.54, 1.807) is 0 Å². The third kappa shape index (κ3) is 2.05. The summed E-state index contributed by atoms with van der Waals surface area (Å²) in [4.78, 5) is 2.51. The largest absolute Gasteiger partial charge is 0.379 e. The molecule has 2 unspecified atom stereocenters. The number of nitrogens with one attached hydrogen (secondary N) is 1. The van der Waals surface area contributed by atoms with Crippen LogP contribution >= 0.6 is 0 Å². The third-order valence-corrected chi connectivity index (χ3v) is 4.01. The van der Waals surface area contributed by atoms with Crippen molar-refractivity contribution in [1.82, 2.24) is 5.32 Å². The second-order valence-electron chi connectivity index (χ2n) is 5.02. The molecule has 1 aromatic rings. The van der Waals surface area contributed by atoms with E-state index in [4.69, 9.17) is 4.74 Å². The highest BCUT2D eigenvalue weighted by Gasteiger charge is 2.30. The number of fused-ring (bicyclic) bond motifs is 1. The van der Waals surface area contributed by atoms with Crippen molar-refractivity contribution in [3.8, 4) is 0 Å². The van der Waals surface area contributed by atoms with Crippen molar-refractivity contribution in [2.24, 2.45) is 5.92 Å². The average Bonchev–Trinajstić information content (AvgIpc) is 2.97. The van der Waals surface area contributed by atoms with Crippen LogP contribution < -0.4 is 10.2 Å². The van der Waals surface area contributed by atoms with E-state index in [1.165, 1.54) is 17.7 Å². The van der Waals surface area contributed by atoms with Crippen molar-refractivity contribution in [3.05, 3.63) is 29.8 Å². The number of nitrogens with zero attached hydrogens (tertiary/aromatic N) is 1. The van der Waals surface area contributed by atoms with Crippen LogP contribution in [0.3, 0.4) is 0 Å². The minimum absolute atomic E-state index is 0.516. The lowest BCUT2D eigenvalue weighted by Gasteiger charge is -2.25. The Labute approximate surface area is 103 Å². The van der Waals surface area contributed by atoms with E-state index >= 15 is 0 Å². The molecule has 3 nitrogen and oxygen atoms in total. The van der Waals surface area contributed by atoms with Crippen LogP contribution in [0.1, 0.15) is 5.56 Å². The van der Waals surface area contributed by atoms with Gasteiger partial charge in [0.1, 0.15) is 0 Å². The van der Waals surface area contributed by atoms with Gasteiger partial charge in [-0.25, -0.2) is 0 Å². The summed E-state index contributed by atoms with van der Waals surface area (Å²) in [6, 6.07) is 9.28. The number of ether oxygens (including phenoxy) is 1. The summed E-state index contributed by atoms with van der Waals surface area (Å²) < 4.78 is 5.57. The Balaban J connectivity index is 1.71. The maximum atomic E-state index is 5.57. The summed E-state index contributed by atoms with van der Waals surface area (Å²) in [6.45, 7) is 4.02. The van der Waals surface area contributed by atoms with Gasteiger partial charge >= 0.3 is 0 Å². The van der Waals surface area contributed by atoms with Gasteiger partial charge in [0.25, 0.3) is 0 Å². The first-order valence-corrected chi connectivity index (χ1v) is 6.46. The molecule has 0 aromatic heterocycles. The van der Waals surface area contributed by atoms with Crippen molar-refractivity contribution >= 4 is 5.69 Å². The Kier molecular flexibility index (Phi) is 3.04. The van der Waals surface area contributed by atoms with Crippen molar-refractivity contribution in [2.45, 2.75) is 12.5 Å². The predicted octanol–water partition coefficient (Wildman–Crippen LogP) is 1.28. The second-order valence-corrected chi connectivity index (χ2v) is 5.02. The minimum Gasteiger partial charge on any atom is -0.379 e. The quantitative estimate of drug-likeness (QED) is 0.849. The van der Waals surface area contributed by atoms with Gasteiger partial charge in [0.15, 0.2) is 0 Å². The van der Waals surface area contributed by atoms with E-state index in [1.807, 2.05) is 7.05 Å². The minimum atomic E-state index is 0.516. The Hall–Kier alpha value is -1.06. The lowest BCUT2D eigenvalue weighted by Crippen LogP contribution is -2.39. The van der Waals surface area contributed by atoms with Gasteiger partial charge in [-0.15, -0.1) is 0 Å². The van der Waals surface area contributed by atoms with E-state index < -0.39 is 0 Å². The lowest BCUT2D eigenvalue weighted by molar-refractivity contribution is 0.183. The van der Waals surface area contributed by atoms with Gasteiger partial charge in [0, 0.05) is 30.7 Å². The molecule has 0 bridgehead atoms. The Morgan fingerprint density at radius 1 is 1.35 bits per heavy atom. The lowest BCUT2D eigenvalue weighted by atomic mass is 10.0. The normalized spacial score (nSPS) is 27.5.